The monoisotopic (exact) mass is 204 g/mol. The Kier molecular flexibility index (Phi) is 2.18. The minimum atomic E-state index is 0.166. The highest BCUT2D eigenvalue weighted by molar-refractivity contribution is 5.12. The predicted octanol–water partition coefficient (Wildman–Crippen LogP) is 0.718. The topological polar surface area (TPSA) is 47.0 Å². The normalized spacial score (nSPS) is 28.7. The first-order chi connectivity index (χ1) is 7.41. The number of rotatable bonds is 1. The van der Waals surface area contributed by atoms with Gasteiger partial charge in [0.1, 0.15) is 6.10 Å². The molecular weight excluding hydrogens is 190 g/mol. The summed E-state index contributed by atoms with van der Waals surface area (Å²) in [6, 6.07) is 1.93. The van der Waals surface area contributed by atoms with Gasteiger partial charge in [-0.1, -0.05) is 0 Å². The molecule has 4 nitrogen and oxygen atoms in total. The molecule has 1 atom stereocenters. The van der Waals surface area contributed by atoms with E-state index in [4.69, 9.17) is 4.74 Å². The Bertz CT molecular complexity index is 335. The molecule has 0 amide bonds. The second-order valence-electron chi connectivity index (χ2n) is 4.38. The van der Waals surface area contributed by atoms with Crippen LogP contribution in [-0.4, -0.2) is 29.7 Å². The molecule has 0 aromatic carbocycles. The molecule has 4 heteroatoms. The van der Waals surface area contributed by atoms with Crippen molar-refractivity contribution in [3.8, 4) is 0 Å². The van der Waals surface area contributed by atoms with Crippen molar-refractivity contribution >= 4 is 0 Å². The molecule has 2 saturated heterocycles. The maximum atomic E-state index is 5.67. The molecule has 3 heterocycles. The Morgan fingerprint density at radius 1 is 1.47 bits per heavy atom. The van der Waals surface area contributed by atoms with Crippen molar-refractivity contribution in [1.29, 1.82) is 0 Å². The van der Waals surface area contributed by atoms with Crippen LogP contribution in [0.1, 0.15) is 24.6 Å². The van der Waals surface area contributed by atoms with Crippen LogP contribution in [0.4, 0.5) is 0 Å². The largest absolute Gasteiger partial charge is 0.371 e. The zero-order valence-electron chi connectivity index (χ0n) is 8.57. The number of hydrogen-bond acceptors (Lipinski definition) is 4. The summed E-state index contributed by atoms with van der Waals surface area (Å²) in [7, 11) is 0. The van der Waals surface area contributed by atoms with Gasteiger partial charge >= 0.3 is 0 Å². The van der Waals surface area contributed by atoms with Gasteiger partial charge in [-0.2, -0.15) is 0 Å². The summed E-state index contributed by atoms with van der Waals surface area (Å²) in [4.78, 5) is 7.98. The predicted molar refractivity (Wildman–Crippen MR) is 54.1 cm³/mol. The van der Waals surface area contributed by atoms with Crippen molar-refractivity contribution in [2.24, 2.45) is 5.41 Å². The Morgan fingerprint density at radius 2 is 2.33 bits per heavy atom. The first kappa shape index (κ1) is 9.24. The Hall–Kier alpha value is -1.00. The SMILES string of the molecule is [c]1nccc(C2OCC23CCNCC3)n1. The molecule has 0 bridgehead atoms. The fraction of sp³-hybridized carbons (Fsp3) is 0.636. The summed E-state index contributed by atoms with van der Waals surface area (Å²) in [5.41, 5.74) is 1.31. The average molecular weight is 204 g/mol. The number of nitrogens with one attached hydrogen (secondary N) is 1. The van der Waals surface area contributed by atoms with Gasteiger partial charge in [-0.05, 0) is 32.0 Å². The van der Waals surface area contributed by atoms with Crippen LogP contribution in [0.5, 0.6) is 0 Å². The lowest BCUT2D eigenvalue weighted by atomic mass is 9.70. The lowest BCUT2D eigenvalue weighted by Crippen LogP contribution is -2.51. The number of aromatic nitrogens is 2. The highest BCUT2D eigenvalue weighted by atomic mass is 16.5. The maximum Gasteiger partial charge on any atom is 0.198 e. The van der Waals surface area contributed by atoms with Gasteiger partial charge in [0, 0.05) is 11.6 Å². The van der Waals surface area contributed by atoms with Gasteiger partial charge in [0.05, 0.1) is 12.3 Å². The summed E-state index contributed by atoms with van der Waals surface area (Å²) in [5.74, 6) is 0. The van der Waals surface area contributed by atoms with E-state index in [1.807, 2.05) is 6.07 Å². The van der Waals surface area contributed by atoms with E-state index >= 15 is 0 Å². The lowest BCUT2D eigenvalue weighted by molar-refractivity contribution is -0.204. The van der Waals surface area contributed by atoms with Gasteiger partial charge in [0.25, 0.3) is 0 Å². The van der Waals surface area contributed by atoms with Crippen LogP contribution in [0.2, 0.25) is 0 Å². The number of ether oxygens (including phenoxy) is 1. The molecule has 79 valence electrons. The van der Waals surface area contributed by atoms with E-state index in [-0.39, 0.29) is 6.10 Å². The molecule has 1 aromatic heterocycles. The van der Waals surface area contributed by atoms with Gasteiger partial charge < -0.3 is 10.1 Å². The molecule has 2 fully saturated rings. The molecule has 0 saturated carbocycles. The Balaban J connectivity index is 1.83. The second kappa shape index (κ2) is 3.54. The fourth-order valence-corrected chi connectivity index (χ4v) is 2.55. The van der Waals surface area contributed by atoms with Crippen molar-refractivity contribution in [3.05, 3.63) is 24.3 Å². The maximum absolute atomic E-state index is 5.67. The minimum Gasteiger partial charge on any atom is -0.371 e. The van der Waals surface area contributed by atoms with E-state index in [2.05, 4.69) is 21.6 Å². The third-order valence-corrected chi connectivity index (χ3v) is 3.52. The number of piperidine rings is 1. The van der Waals surface area contributed by atoms with Gasteiger partial charge in [-0.15, -0.1) is 0 Å². The van der Waals surface area contributed by atoms with Crippen LogP contribution in [0.15, 0.2) is 12.3 Å². The van der Waals surface area contributed by atoms with E-state index in [1.54, 1.807) is 6.20 Å². The molecule has 2 aliphatic heterocycles. The van der Waals surface area contributed by atoms with Gasteiger partial charge in [0.15, 0.2) is 6.33 Å². The molecule has 1 aromatic rings. The Labute approximate surface area is 89.1 Å². The van der Waals surface area contributed by atoms with E-state index in [0.29, 0.717) is 5.41 Å². The molecule has 2 aliphatic rings. The molecular formula is C11H14N3O. The van der Waals surface area contributed by atoms with E-state index in [1.165, 1.54) is 12.8 Å². The van der Waals surface area contributed by atoms with Crippen LogP contribution in [0, 0.1) is 11.7 Å². The van der Waals surface area contributed by atoms with E-state index in [0.717, 1.165) is 25.4 Å². The summed E-state index contributed by atoms with van der Waals surface area (Å²) in [6.45, 7) is 3.06. The van der Waals surface area contributed by atoms with Crippen molar-refractivity contribution < 1.29 is 4.74 Å². The minimum absolute atomic E-state index is 0.166. The summed E-state index contributed by atoms with van der Waals surface area (Å²) >= 11 is 0. The quantitative estimate of drug-likeness (QED) is 0.732. The van der Waals surface area contributed by atoms with Crippen LogP contribution in [0.25, 0.3) is 0 Å². The van der Waals surface area contributed by atoms with Crippen LogP contribution in [-0.2, 0) is 4.74 Å². The molecule has 0 aliphatic carbocycles. The highest BCUT2D eigenvalue weighted by Gasteiger charge is 2.49. The van der Waals surface area contributed by atoms with E-state index in [9.17, 15) is 0 Å². The van der Waals surface area contributed by atoms with Crippen LogP contribution in [0.3, 0.4) is 0 Å². The third-order valence-electron chi connectivity index (χ3n) is 3.52. The van der Waals surface area contributed by atoms with E-state index < -0.39 is 0 Å². The van der Waals surface area contributed by atoms with Crippen molar-refractivity contribution in [3.63, 3.8) is 0 Å². The molecule has 3 rings (SSSR count). The fourth-order valence-electron chi connectivity index (χ4n) is 2.55. The molecule has 1 radical (unpaired) electrons. The molecule has 15 heavy (non-hydrogen) atoms. The summed E-state index contributed by atoms with van der Waals surface area (Å²) < 4.78 is 5.67. The first-order valence-electron chi connectivity index (χ1n) is 5.42. The molecule has 1 N–H and O–H groups in total. The van der Waals surface area contributed by atoms with Gasteiger partial charge in [-0.25, -0.2) is 9.97 Å². The summed E-state index contributed by atoms with van der Waals surface area (Å²) in [5, 5.41) is 3.38. The van der Waals surface area contributed by atoms with Crippen LogP contribution < -0.4 is 5.32 Å². The second-order valence-corrected chi connectivity index (χ2v) is 4.38. The zero-order chi connectivity index (χ0) is 10.1. The zero-order valence-corrected chi connectivity index (χ0v) is 8.57. The molecule has 1 spiro atoms. The van der Waals surface area contributed by atoms with Crippen molar-refractivity contribution in [2.75, 3.05) is 19.7 Å². The van der Waals surface area contributed by atoms with Gasteiger partial charge in [-0.3, -0.25) is 0 Å². The smallest absolute Gasteiger partial charge is 0.198 e. The van der Waals surface area contributed by atoms with Crippen molar-refractivity contribution in [1.82, 2.24) is 15.3 Å². The number of nitrogens with zero attached hydrogens (tertiary/aromatic N) is 2. The number of hydrogen-bond donors (Lipinski definition) is 1. The first-order valence-corrected chi connectivity index (χ1v) is 5.42. The van der Waals surface area contributed by atoms with Gasteiger partial charge in [0.2, 0.25) is 0 Å². The molecule has 1 unspecified atom stereocenters. The lowest BCUT2D eigenvalue weighted by Gasteiger charge is -2.51. The average Bonchev–Trinajstić information content (AvgIpc) is 2.30. The van der Waals surface area contributed by atoms with Crippen LogP contribution >= 0.6 is 0 Å². The highest BCUT2D eigenvalue weighted by Crippen LogP contribution is 2.51. The third kappa shape index (κ3) is 1.44. The summed E-state index contributed by atoms with van der Waals surface area (Å²) in [6.07, 6.45) is 6.90. The Morgan fingerprint density at radius 3 is 2.93 bits per heavy atom. The standard InChI is InChI=1S/C11H14N3O/c1-4-13-8-14-9(1)10-11(7-15-10)2-5-12-6-3-11/h1,4,10,12H,2-3,5-7H2. The van der Waals surface area contributed by atoms with Crippen molar-refractivity contribution in [2.45, 2.75) is 18.9 Å².